The number of rotatable bonds is 15. The van der Waals surface area contributed by atoms with Gasteiger partial charge in [-0.25, -0.2) is 12.7 Å². The summed E-state index contributed by atoms with van der Waals surface area (Å²) in [5.74, 6) is -0.108. The van der Waals surface area contributed by atoms with E-state index >= 15 is 0 Å². The number of carbonyl (C=O) groups excluding carboxylic acids is 1. The Hall–Kier alpha value is -1.81. The summed E-state index contributed by atoms with van der Waals surface area (Å²) in [4.78, 5) is 18.4. The number of sulfonamides is 1. The van der Waals surface area contributed by atoms with E-state index in [0.29, 0.717) is 19.6 Å². The molecule has 2 fully saturated rings. The fourth-order valence-electron chi connectivity index (χ4n) is 4.92. The van der Waals surface area contributed by atoms with E-state index in [9.17, 15) is 13.2 Å². The molecule has 2 heterocycles. The lowest BCUT2D eigenvalue weighted by molar-refractivity contribution is -0.116. The van der Waals surface area contributed by atoms with E-state index in [0.717, 1.165) is 103 Å². The normalized spacial score (nSPS) is 18.1. The number of aromatic nitrogens is 1. The third kappa shape index (κ3) is 10.3. The monoisotopic (exact) mass is 520 g/mol. The lowest BCUT2D eigenvalue weighted by atomic mass is 10.0. The first kappa shape index (κ1) is 28.8. The maximum Gasteiger partial charge on any atom is 0.243 e. The fourth-order valence-corrected chi connectivity index (χ4v) is 7.04. The molecule has 0 aromatic carbocycles. The van der Waals surface area contributed by atoms with Gasteiger partial charge in [-0.2, -0.15) is 0 Å². The van der Waals surface area contributed by atoms with Crippen LogP contribution in [-0.2, 0) is 19.6 Å². The van der Waals surface area contributed by atoms with Crippen LogP contribution in [0, 0.1) is 0 Å². The Morgan fingerprint density at radius 1 is 1.08 bits per heavy atom. The average molecular weight is 521 g/mol. The van der Waals surface area contributed by atoms with Gasteiger partial charge in [0.05, 0.1) is 18.5 Å². The minimum Gasteiger partial charge on any atom is -0.379 e. The van der Waals surface area contributed by atoms with Crippen molar-refractivity contribution in [1.82, 2.24) is 19.5 Å². The van der Waals surface area contributed by atoms with Crippen molar-refractivity contribution in [2.24, 2.45) is 0 Å². The van der Waals surface area contributed by atoms with Crippen molar-refractivity contribution in [3.8, 4) is 0 Å². The van der Waals surface area contributed by atoms with Crippen molar-refractivity contribution in [2.75, 3.05) is 52.5 Å². The maximum atomic E-state index is 13.4. The average Bonchev–Trinajstić information content (AvgIpc) is 2.92. The molecule has 1 aliphatic heterocycles. The van der Waals surface area contributed by atoms with Crippen molar-refractivity contribution in [2.45, 2.75) is 69.5 Å². The van der Waals surface area contributed by atoms with Gasteiger partial charge < -0.3 is 10.1 Å². The molecular weight excluding hydrogens is 476 g/mol. The van der Waals surface area contributed by atoms with E-state index in [2.05, 4.69) is 15.2 Å². The summed E-state index contributed by atoms with van der Waals surface area (Å²) in [6.07, 6.45) is 16.0. The topological polar surface area (TPSA) is 91.8 Å². The number of carbonyl (C=O) groups is 1. The highest BCUT2D eigenvalue weighted by molar-refractivity contribution is 7.89. The van der Waals surface area contributed by atoms with Crippen LogP contribution in [0.2, 0.25) is 0 Å². The zero-order valence-electron chi connectivity index (χ0n) is 21.7. The molecule has 1 aliphatic carbocycles. The predicted molar refractivity (Wildman–Crippen MR) is 144 cm³/mol. The van der Waals surface area contributed by atoms with E-state index in [1.54, 1.807) is 22.8 Å². The van der Waals surface area contributed by atoms with Crippen LogP contribution in [-0.4, -0.2) is 86.2 Å². The first-order chi connectivity index (χ1) is 17.6. The molecule has 202 valence electrons. The Bertz CT molecular complexity index is 882. The molecule has 1 saturated heterocycles. The lowest BCUT2D eigenvalue weighted by Crippen LogP contribution is -2.42. The minimum absolute atomic E-state index is 0.108. The van der Waals surface area contributed by atoms with Gasteiger partial charge in [-0.05, 0) is 56.4 Å². The van der Waals surface area contributed by atoms with Gasteiger partial charge >= 0.3 is 0 Å². The second-order valence-electron chi connectivity index (χ2n) is 9.84. The number of pyridine rings is 1. The lowest BCUT2D eigenvalue weighted by Gasteiger charge is -2.31. The van der Waals surface area contributed by atoms with Crippen LogP contribution in [0.1, 0.15) is 69.8 Å². The number of nitrogens with one attached hydrogen (secondary N) is 1. The van der Waals surface area contributed by atoms with Gasteiger partial charge in [-0.15, -0.1) is 0 Å². The Labute approximate surface area is 217 Å². The molecule has 1 aromatic rings. The first-order valence-corrected chi connectivity index (χ1v) is 15.2. The molecule has 1 aromatic heterocycles. The van der Waals surface area contributed by atoms with Gasteiger partial charge in [0.2, 0.25) is 15.9 Å². The van der Waals surface area contributed by atoms with Crippen molar-refractivity contribution >= 4 is 22.0 Å². The van der Waals surface area contributed by atoms with Gasteiger partial charge in [0.25, 0.3) is 0 Å². The van der Waals surface area contributed by atoms with Crippen LogP contribution in [0.4, 0.5) is 0 Å². The van der Waals surface area contributed by atoms with Crippen LogP contribution in [0.5, 0.6) is 0 Å². The highest BCUT2D eigenvalue weighted by Gasteiger charge is 2.32. The van der Waals surface area contributed by atoms with Gasteiger partial charge in [0, 0.05) is 51.2 Å². The second kappa shape index (κ2) is 16.1. The van der Waals surface area contributed by atoms with E-state index in [-0.39, 0.29) is 11.2 Å². The van der Waals surface area contributed by atoms with Crippen LogP contribution < -0.4 is 5.32 Å². The highest BCUT2D eigenvalue weighted by atomic mass is 32.2. The molecule has 1 N–H and O–H groups in total. The SMILES string of the molecule is O=C(C=Cc1cccnc1)NCCCCCCN(CCCN1CCOCC1)S(=O)(=O)C1CCCCC1. The largest absolute Gasteiger partial charge is 0.379 e. The number of hydrogen-bond donors (Lipinski definition) is 1. The Morgan fingerprint density at radius 3 is 2.58 bits per heavy atom. The number of ether oxygens (including phenoxy) is 1. The van der Waals surface area contributed by atoms with Crippen LogP contribution >= 0.6 is 0 Å². The number of morpholine rings is 1. The number of hydrogen-bond acceptors (Lipinski definition) is 6. The van der Waals surface area contributed by atoms with Crippen LogP contribution in [0.25, 0.3) is 6.08 Å². The summed E-state index contributed by atoms with van der Waals surface area (Å²) < 4.78 is 34.0. The molecule has 0 radical (unpaired) electrons. The van der Waals surface area contributed by atoms with E-state index < -0.39 is 10.0 Å². The fraction of sp³-hybridized carbons (Fsp3) is 0.704. The molecule has 0 spiro atoms. The van der Waals surface area contributed by atoms with Gasteiger partial charge in [0.15, 0.2) is 0 Å². The van der Waals surface area contributed by atoms with Gasteiger partial charge in [0.1, 0.15) is 0 Å². The molecule has 1 saturated carbocycles. The summed E-state index contributed by atoms with van der Waals surface area (Å²) in [7, 11) is -3.24. The summed E-state index contributed by atoms with van der Waals surface area (Å²) in [6, 6.07) is 3.74. The number of amides is 1. The quantitative estimate of drug-likeness (QED) is 0.281. The Balaban J connectivity index is 1.36. The molecule has 0 bridgehead atoms. The molecule has 2 aliphatic rings. The standard InChI is InChI=1S/C27H44N4O4S/c32-27(14-13-25-10-8-15-28-24-25)29-16-6-1-2-7-18-31(19-9-17-30-20-22-35-23-21-30)36(33,34)26-11-4-3-5-12-26/h8,10,13-15,24,26H,1-7,9,11-12,16-23H2,(H,29,32). The number of nitrogens with zero attached hydrogens (tertiary/aromatic N) is 3. The van der Waals surface area contributed by atoms with E-state index in [1.807, 2.05) is 12.1 Å². The Morgan fingerprint density at radius 2 is 1.83 bits per heavy atom. The van der Waals surface area contributed by atoms with Crippen molar-refractivity contribution in [1.29, 1.82) is 0 Å². The molecular formula is C27H44N4O4S. The molecule has 9 heteroatoms. The molecule has 8 nitrogen and oxygen atoms in total. The third-order valence-electron chi connectivity index (χ3n) is 7.06. The van der Waals surface area contributed by atoms with Crippen molar-refractivity contribution in [3.63, 3.8) is 0 Å². The van der Waals surface area contributed by atoms with Crippen molar-refractivity contribution < 1.29 is 17.9 Å². The first-order valence-electron chi connectivity index (χ1n) is 13.7. The number of unbranched alkanes of at least 4 members (excludes halogenated alkanes) is 3. The summed E-state index contributed by atoms with van der Waals surface area (Å²) in [5, 5.41) is 2.71. The molecule has 1 amide bonds. The van der Waals surface area contributed by atoms with Gasteiger partial charge in [-0.1, -0.05) is 38.2 Å². The molecule has 0 unspecified atom stereocenters. The molecule has 3 rings (SSSR count). The summed E-state index contributed by atoms with van der Waals surface area (Å²) in [5.41, 5.74) is 0.894. The minimum atomic E-state index is -3.24. The van der Waals surface area contributed by atoms with Gasteiger partial charge in [-0.3, -0.25) is 14.7 Å². The van der Waals surface area contributed by atoms with Crippen LogP contribution in [0.3, 0.4) is 0 Å². The summed E-state index contributed by atoms with van der Waals surface area (Å²) in [6.45, 7) is 6.17. The van der Waals surface area contributed by atoms with Crippen molar-refractivity contribution in [3.05, 3.63) is 36.2 Å². The Kier molecular flexibility index (Phi) is 12.9. The predicted octanol–water partition coefficient (Wildman–Crippen LogP) is 3.46. The highest BCUT2D eigenvalue weighted by Crippen LogP contribution is 2.26. The smallest absolute Gasteiger partial charge is 0.243 e. The summed E-state index contributed by atoms with van der Waals surface area (Å²) >= 11 is 0. The van der Waals surface area contributed by atoms with E-state index in [1.165, 1.54) is 6.08 Å². The second-order valence-corrected chi connectivity index (χ2v) is 12.0. The zero-order chi connectivity index (χ0) is 25.5. The third-order valence-corrected chi connectivity index (χ3v) is 9.46. The maximum absolute atomic E-state index is 13.4. The zero-order valence-corrected chi connectivity index (χ0v) is 22.5. The molecule has 36 heavy (non-hydrogen) atoms. The van der Waals surface area contributed by atoms with Crippen LogP contribution in [0.15, 0.2) is 30.6 Å². The molecule has 0 atom stereocenters. The van der Waals surface area contributed by atoms with E-state index in [4.69, 9.17) is 4.74 Å².